The maximum Gasteiger partial charge on any atom is 0.0677 e. The largest absolute Gasteiger partial charge is 0.399 e. The van der Waals surface area contributed by atoms with Crippen molar-refractivity contribution in [3.8, 4) is 0 Å². The van der Waals surface area contributed by atoms with Gasteiger partial charge in [0.25, 0.3) is 0 Å². The predicted octanol–water partition coefficient (Wildman–Crippen LogP) is 2.39. The number of allylic oxidation sites excluding steroid dienone is 3. The topological polar surface area (TPSA) is 35.2 Å². The van der Waals surface area contributed by atoms with E-state index in [1.54, 1.807) is 6.08 Å². The van der Waals surface area contributed by atoms with Crippen LogP contribution in [0.15, 0.2) is 35.6 Å². The molecule has 0 aromatic heterocycles. The molecule has 0 saturated heterocycles. The Morgan fingerprint density at radius 2 is 2.08 bits per heavy atom. The van der Waals surface area contributed by atoms with Crippen LogP contribution in [-0.2, 0) is 4.74 Å². The van der Waals surface area contributed by atoms with E-state index in [-0.39, 0.29) is 0 Å². The van der Waals surface area contributed by atoms with Crippen molar-refractivity contribution in [2.24, 2.45) is 5.73 Å². The Morgan fingerprint density at radius 1 is 1.46 bits per heavy atom. The lowest BCUT2D eigenvalue weighted by atomic mass is 10.2. The predicted molar refractivity (Wildman–Crippen MR) is 57.3 cm³/mol. The van der Waals surface area contributed by atoms with Crippen molar-refractivity contribution in [2.75, 3.05) is 13.2 Å². The lowest BCUT2D eigenvalue weighted by molar-refractivity contribution is 0.171. The first-order valence-corrected chi connectivity index (χ1v) is 4.45. The Bertz CT molecular complexity index is 226. The van der Waals surface area contributed by atoms with Crippen molar-refractivity contribution in [2.45, 2.75) is 20.8 Å². The monoisotopic (exact) mass is 181 g/mol. The molecular formula is C11H19NO. The van der Waals surface area contributed by atoms with Gasteiger partial charge in [0.05, 0.1) is 6.61 Å². The van der Waals surface area contributed by atoms with Crippen LogP contribution in [-0.4, -0.2) is 13.2 Å². The van der Waals surface area contributed by atoms with Crippen molar-refractivity contribution in [3.05, 3.63) is 35.6 Å². The third kappa shape index (κ3) is 5.26. The van der Waals surface area contributed by atoms with E-state index >= 15 is 0 Å². The van der Waals surface area contributed by atoms with E-state index in [2.05, 4.69) is 6.58 Å². The fourth-order valence-electron chi connectivity index (χ4n) is 0.802. The molecular weight excluding hydrogens is 162 g/mol. The van der Waals surface area contributed by atoms with Crippen LogP contribution in [0.1, 0.15) is 20.8 Å². The molecule has 2 nitrogen and oxygen atoms in total. The third-order valence-corrected chi connectivity index (χ3v) is 1.70. The highest BCUT2D eigenvalue weighted by Gasteiger charge is 1.92. The second kappa shape index (κ2) is 6.49. The Balaban J connectivity index is 4.29. The average molecular weight is 181 g/mol. The smallest absolute Gasteiger partial charge is 0.0677 e. The summed E-state index contributed by atoms with van der Waals surface area (Å²) in [7, 11) is 0. The van der Waals surface area contributed by atoms with Gasteiger partial charge in [-0.15, -0.1) is 0 Å². The van der Waals surface area contributed by atoms with Crippen molar-refractivity contribution < 1.29 is 4.74 Å². The van der Waals surface area contributed by atoms with E-state index in [9.17, 15) is 0 Å². The average Bonchev–Trinajstić information content (AvgIpc) is 2.13. The van der Waals surface area contributed by atoms with Gasteiger partial charge in [-0.2, -0.15) is 0 Å². The Hall–Kier alpha value is -1.02. The number of rotatable bonds is 5. The highest BCUT2D eigenvalue weighted by atomic mass is 16.5. The summed E-state index contributed by atoms with van der Waals surface area (Å²) in [6, 6.07) is 0. The quantitative estimate of drug-likeness (QED) is 0.661. The Labute approximate surface area is 80.8 Å². The molecule has 0 aliphatic heterocycles. The molecule has 2 N–H and O–H groups in total. The first-order valence-electron chi connectivity index (χ1n) is 4.45. The van der Waals surface area contributed by atoms with Gasteiger partial charge in [-0.3, -0.25) is 0 Å². The molecule has 13 heavy (non-hydrogen) atoms. The SMILES string of the molecule is C=C/C(C)=C(N)\C=C(/C)COCC. The summed E-state index contributed by atoms with van der Waals surface area (Å²) in [6.45, 7) is 10.9. The lowest BCUT2D eigenvalue weighted by Crippen LogP contribution is -2.00. The van der Waals surface area contributed by atoms with Gasteiger partial charge in [0, 0.05) is 12.3 Å². The molecule has 2 heteroatoms. The van der Waals surface area contributed by atoms with Crippen molar-refractivity contribution >= 4 is 0 Å². The highest BCUT2D eigenvalue weighted by Crippen LogP contribution is 2.04. The summed E-state index contributed by atoms with van der Waals surface area (Å²) in [5.41, 5.74) is 8.66. The number of ether oxygens (including phenoxy) is 1. The minimum Gasteiger partial charge on any atom is -0.399 e. The third-order valence-electron chi connectivity index (χ3n) is 1.70. The summed E-state index contributed by atoms with van der Waals surface area (Å²) in [6.07, 6.45) is 3.67. The maximum absolute atomic E-state index is 5.78. The molecule has 0 spiro atoms. The molecule has 0 saturated carbocycles. The molecule has 0 heterocycles. The van der Waals surface area contributed by atoms with Crippen LogP contribution < -0.4 is 5.73 Å². The summed E-state index contributed by atoms with van der Waals surface area (Å²) >= 11 is 0. The molecule has 0 aromatic carbocycles. The number of nitrogens with two attached hydrogens (primary N) is 1. The normalized spacial score (nSPS) is 13.9. The van der Waals surface area contributed by atoms with E-state index in [1.165, 1.54) is 0 Å². The van der Waals surface area contributed by atoms with Crippen LogP contribution in [0.2, 0.25) is 0 Å². The molecule has 0 amide bonds. The second-order valence-corrected chi connectivity index (χ2v) is 2.97. The van der Waals surface area contributed by atoms with Gasteiger partial charge in [0.2, 0.25) is 0 Å². The number of hydrogen-bond acceptors (Lipinski definition) is 2. The van der Waals surface area contributed by atoms with E-state index in [1.807, 2.05) is 26.8 Å². The van der Waals surface area contributed by atoms with Crippen LogP contribution in [0, 0.1) is 0 Å². The van der Waals surface area contributed by atoms with Gasteiger partial charge in [-0.05, 0) is 38.0 Å². The molecule has 0 radical (unpaired) electrons. The zero-order valence-corrected chi connectivity index (χ0v) is 8.76. The summed E-state index contributed by atoms with van der Waals surface area (Å²) < 4.78 is 5.24. The van der Waals surface area contributed by atoms with Crippen molar-refractivity contribution in [3.63, 3.8) is 0 Å². The maximum atomic E-state index is 5.78. The van der Waals surface area contributed by atoms with Crippen LogP contribution in [0.4, 0.5) is 0 Å². The Morgan fingerprint density at radius 3 is 2.54 bits per heavy atom. The zero-order chi connectivity index (χ0) is 10.3. The first-order chi connectivity index (χ1) is 6.11. The van der Waals surface area contributed by atoms with Gasteiger partial charge in [-0.25, -0.2) is 0 Å². The van der Waals surface area contributed by atoms with E-state index in [4.69, 9.17) is 10.5 Å². The van der Waals surface area contributed by atoms with Crippen LogP contribution in [0.25, 0.3) is 0 Å². The molecule has 0 atom stereocenters. The van der Waals surface area contributed by atoms with Gasteiger partial charge in [0.1, 0.15) is 0 Å². The standard InChI is InChI=1S/C11H19NO/c1-5-10(4)11(12)7-9(3)8-13-6-2/h5,7H,1,6,8,12H2,2-4H3/b9-7+,11-10+. The molecule has 0 bridgehead atoms. The minimum absolute atomic E-state index is 0.640. The van der Waals surface area contributed by atoms with Gasteiger partial charge in [-0.1, -0.05) is 12.7 Å². The van der Waals surface area contributed by atoms with Crippen LogP contribution in [0.5, 0.6) is 0 Å². The van der Waals surface area contributed by atoms with Crippen LogP contribution >= 0.6 is 0 Å². The molecule has 0 fully saturated rings. The van der Waals surface area contributed by atoms with Gasteiger partial charge < -0.3 is 10.5 Å². The van der Waals surface area contributed by atoms with Crippen molar-refractivity contribution in [1.29, 1.82) is 0 Å². The first kappa shape index (κ1) is 12.0. The lowest BCUT2D eigenvalue weighted by Gasteiger charge is -2.03. The summed E-state index contributed by atoms with van der Waals surface area (Å²) in [5, 5.41) is 0. The zero-order valence-electron chi connectivity index (χ0n) is 8.76. The number of hydrogen-bond donors (Lipinski definition) is 1. The van der Waals surface area contributed by atoms with E-state index in [0.717, 1.165) is 23.5 Å². The summed E-state index contributed by atoms with van der Waals surface area (Å²) in [5.74, 6) is 0. The fraction of sp³-hybridized carbons (Fsp3) is 0.455. The minimum atomic E-state index is 0.640. The fourth-order valence-corrected chi connectivity index (χ4v) is 0.802. The molecule has 0 unspecified atom stereocenters. The molecule has 74 valence electrons. The van der Waals surface area contributed by atoms with E-state index in [0.29, 0.717) is 6.61 Å². The highest BCUT2D eigenvalue weighted by molar-refractivity contribution is 5.30. The molecule has 0 aromatic rings. The molecule has 0 aliphatic rings. The van der Waals surface area contributed by atoms with Gasteiger partial charge >= 0.3 is 0 Å². The Kier molecular flexibility index (Phi) is 5.98. The van der Waals surface area contributed by atoms with Crippen molar-refractivity contribution in [1.82, 2.24) is 0 Å². The summed E-state index contributed by atoms with van der Waals surface area (Å²) in [4.78, 5) is 0. The molecule has 0 rings (SSSR count). The second-order valence-electron chi connectivity index (χ2n) is 2.97. The van der Waals surface area contributed by atoms with Gasteiger partial charge in [0.15, 0.2) is 0 Å². The molecule has 0 aliphatic carbocycles. The van der Waals surface area contributed by atoms with E-state index < -0.39 is 0 Å². The van der Waals surface area contributed by atoms with Crippen LogP contribution in [0.3, 0.4) is 0 Å².